The predicted octanol–water partition coefficient (Wildman–Crippen LogP) is 1.77. The van der Waals surface area contributed by atoms with Gasteiger partial charge in [0.25, 0.3) is 5.56 Å². The monoisotopic (exact) mass is 352 g/mol. The molecule has 0 amide bonds. The van der Waals surface area contributed by atoms with E-state index in [1.807, 2.05) is 0 Å². The standard InChI is InChI=1S/C16H20N2O5S/c1-11(22-10-13-4-2-3-6-21-13)15(20)23-9-12-8-14(19)18-5-7-24-16(18)17-12/h5,7-8,11,13H,2-4,6,9-10H2,1H3. The van der Waals surface area contributed by atoms with E-state index in [-0.39, 0.29) is 18.3 Å². The largest absolute Gasteiger partial charge is 0.457 e. The van der Waals surface area contributed by atoms with E-state index in [1.54, 1.807) is 18.5 Å². The van der Waals surface area contributed by atoms with Crippen LogP contribution in [0.25, 0.3) is 4.96 Å². The van der Waals surface area contributed by atoms with Crippen molar-refractivity contribution in [3.8, 4) is 0 Å². The fourth-order valence-corrected chi connectivity index (χ4v) is 3.22. The van der Waals surface area contributed by atoms with Gasteiger partial charge in [-0.1, -0.05) is 0 Å². The van der Waals surface area contributed by atoms with Gasteiger partial charge in [0.05, 0.1) is 18.4 Å². The molecule has 3 heterocycles. The Bertz CT molecular complexity index is 750. The molecule has 1 fully saturated rings. The lowest BCUT2D eigenvalue weighted by Gasteiger charge is -2.23. The van der Waals surface area contributed by atoms with Crippen LogP contribution in [0, 0.1) is 0 Å². The lowest BCUT2D eigenvalue weighted by Crippen LogP contribution is -2.30. The highest BCUT2D eigenvalue weighted by Gasteiger charge is 2.20. The summed E-state index contributed by atoms with van der Waals surface area (Å²) >= 11 is 1.35. The van der Waals surface area contributed by atoms with Crippen LogP contribution in [0.4, 0.5) is 0 Å². The molecular formula is C16H20N2O5S. The van der Waals surface area contributed by atoms with Gasteiger partial charge in [0.2, 0.25) is 0 Å². The van der Waals surface area contributed by atoms with Crippen molar-refractivity contribution in [2.75, 3.05) is 13.2 Å². The van der Waals surface area contributed by atoms with E-state index < -0.39 is 12.1 Å². The maximum atomic E-state index is 12.0. The number of carbonyl (C=O) groups excluding carboxylic acids is 1. The minimum Gasteiger partial charge on any atom is -0.457 e. The normalized spacial score (nSPS) is 19.3. The fourth-order valence-electron chi connectivity index (χ4n) is 2.48. The predicted molar refractivity (Wildman–Crippen MR) is 88.1 cm³/mol. The number of thiazole rings is 1. The molecule has 0 aromatic carbocycles. The maximum Gasteiger partial charge on any atom is 0.335 e. The minimum absolute atomic E-state index is 0.0455. The first-order valence-electron chi connectivity index (χ1n) is 7.99. The van der Waals surface area contributed by atoms with E-state index in [1.165, 1.54) is 21.8 Å². The van der Waals surface area contributed by atoms with Crippen molar-refractivity contribution in [3.05, 3.63) is 33.7 Å². The third-order valence-electron chi connectivity index (χ3n) is 3.86. The second-order valence-electron chi connectivity index (χ2n) is 5.71. The molecule has 0 aliphatic carbocycles. The van der Waals surface area contributed by atoms with Gasteiger partial charge in [0, 0.05) is 24.3 Å². The van der Waals surface area contributed by atoms with Crippen LogP contribution in [-0.4, -0.2) is 40.8 Å². The number of carbonyl (C=O) groups is 1. The van der Waals surface area contributed by atoms with Crippen molar-refractivity contribution in [1.29, 1.82) is 0 Å². The second-order valence-corrected chi connectivity index (χ2v) is 6.59. The Kier molecular flexibility index (Phi) is 5.60. The molecule has 8 heteroatoms. The van der Waals surface area contributed by atoms with Gasteiger partial charge in [-0.3, -0.25) is 9.20 Å². The van der Waals surface area contributed by atoms with E-state index in [0.29, 0.717) is 17.3 Å². The quantitative estimate of drug-likeness (QED) is 0.737. The number of rotatable bonds is 6. The summed E-state index contributed by atoms with van der Waals surface area (Å²) in [5, 5.41) is 1.78. The van der Waals surface area contributed by atoms with Crippen molar-refractivity contribution < 1.29 is 19.0 Å². The average molecular weight is 352 g/mol. The zero-order chi connectivity index (χ0) is 16.9. The van der Waals surface area contributed by atoms with Crippen molar-refractivity contribution in [1.82, 2.24) is 9.38 Å². The first-order chi connectivity index (χ1) is 11.6. The highest BCUT2D eigenvalue weighted by Crippen LogP contribution is 2.14. The zero-order valence-corrected chi connectivity index (χ0v) is 14.3. The van der Waals surface area contributed by atoms with Crippen LogP contribution < -0.4 is 5.56 Å². The molecule has 2 atom stereocenters. The molecule has 0 bridgehead atoms. The van der Waals surface area contributed by atoms with Gasteiger partial charge < -0.3 is 14.2 Å². The molecule has 3 rings (SSSR count). The topological polar surface area (TPSA) is 79.1 Å². The Morgan fingerprint density at radius 2 is 2.42 bits per heavy atom. The number of hydrogen-bond acceptors (Lipinski definition) is 7. The van der Waals surface area contributed by atoms with Crippen LogP contribution in [0.1, 0.15) is 31.9 Å². The van der Waals surface area contributed by atoms with Crippen molar-refractivity contribution in [2.24, 2.45) is 0 Å². The van der Waals surface area contributed by atoms with Crippen LogP contribution in [0.15, 0.2) is 22.4 Å². The van der Waals surface area contributed by atoms with E-state index in [4.69, 9.17) is 14.2 Å². The smallest absolute Gasteiger partial charge is 0.335 e. The first kappa shape index (κ1) is 17.1. The molecule has 2 unspecified atom stereocenters. The lowest BCUT2D eigenvalue weighted by atomic mass is 10.1. The third-order valence-corrected chi connectivity index (χ3v) is 4.61. The first-order valence-corrected chi connectivity index (χ1v) is 8.87. The summed E-state index contributed by atoms with van der Waals surface area (Å²) in [6.45, 7) is 2.74. The van der Waals surface area contributed by atoms with Gasteiger partial charge in [-0.05, 0) is 26.2 Å². The molecule has 1 aliphatic heterocycles. The van der Waals surface area contributed by atoms with Gasteiger partial charge in [-0.2, -0.15) is 0 Å². The summed E-state index contributed by atoms with van der Waals surface area (Å²) in [7, 11) is 0. The van der Waals surface area contributed by atoms with E-state index in [0.717, 1.165) is 25.9 Å². The molecule has 2 aromatic rings. The van der Waals surface area contributed by atoms with Gasteiger partial charge >= 0.3 is 5.97 Å². The molecule has 130 valence electrons. The third kappa shape index (κ3) is 4.19. The molecule has 0 saturated carbocycles. The summed E-state index contributed by atoms with van der Waals surface area (Å²) in [6, 6.07) is 1.37. The molecular weight excluding hydrogens is 332 g/mol. The molecule has 0 spiro atoms. The molecule has 1 saturated heterocycles. The lowest BCUT2D eigenvalue weighted by molar-refractivity contribution is -0.160. The van der Waals surface area contributed by atoms with Gasteiger partial charge in [0.1, 0.15) is 6.61 Å². The summed E-state index contributed by atoms with van der Waals surface area (Å²) in [5.41, 5.74) is 0.240. The van der Waals surface area contributed by atoms with Gasteiger partial charge in [0.15, 0.2) is 11.1 Å². The Morgan fingerprint density at radius 1 is 1.54 bits per heavy atom. The number of hydrogen-bond donors (Lipinski definition) is 0. The van der Waals surface area contributed by atoms with Gasteiger partial charge in [-0.25, -0.2) is 9.78 Å². The van der Waals surface area contributed by atoms with Crippen molar-refractivity contribution >= 4 is 22.3 Å². The number of fused-ring (bicyclic) bond motifs is 1. The molecule has 7 nitrogen and oxygen atoms in total. The molecule has 0 N–H and O–H groups in total. The van der Waals surface area contributed by atoms with Crippen molar-refractivity contribution in [3.63, 3.8) is 0 Å². The highest BCUT2D eigenvalue weighted by molar-refractivity contribution is 7.15. The summed E-state index contributed by atoms with van der Waals surface area (Å²) in [4.78, 5) is 28.7. The number of ether oxygens (including phenoxy) is 3. The van der Waals surface area contributed by atoms with Crippen LogP contribution in [0.3, 0.4) is 0 Å². The molecule has 0 radical (unpaired) electrons. The fraction of sp³-hybridized carbons (Fsp3) is 0.562. The van der Waals surface area contributed by atoms with E-state index in [2.05, 4.69) is 4.98 Å². The average Bonchev–Trinajstić information content (AvgIpc) is 3.07. The van der Waals surface area contributed by atoms with Crippen LogP contribution in [0.2, 0.25) is 0 Å². The van der Waals surface area contributed by atoms with Crippen molar-refractivity contribution in [2.45, 2.75) is 45.0 Å². The van der Waals surface area contributed by atoms with E-state index >= 15 is 0 Å². The molecule has 2 aromatic heterocycles. The number of esters is 1. The number of nitrogens with zero attached hydrogens (tertiary/aromatic N) is 2. The van der Waals surface area contributed by atoms with Crippen LogP contribution >= 0.6 is 11.3 Å². The summed E-state index contributed by atoms with van der Waals surface area (Å²) in [5.74, 6) is -0.473. The second kappa shape index (κ2) is 7.87. The maximum absolute atomic E-state index is 12.0. The molecule has 24 heavy (non-hydrogen) atoms. The minimum atomic E-state index is -0.679. The van der Waals surface area contributed by atoms with Crippen LogP contribution in [-0.2, 0) is 25.6 Å². The Labute approximate surface area is 143 Å². The SMILES string of the molecule is CC(OCC1CCCCO1)C(=O)OCc1cc(=O)n2ccsc2n1. The Hall–Kier alpha value is -1.77. The van der Waals surface area contributed by atoms with Gasteiger partial charge in [-0.15, -0.1) is 11.3 Å². The zero-order valence-electron chi connectivity index (χ0n) is 13.5. The number of aromatic nitrogens is 2. The van der Waals surface area contributed by atoms with E-state index in [9.17, 15) is 9.59 Å². The summed E-state index contributed by atoms with van der Waals surface area (Å²) < 4.78 is 17.7. The Morgan fingerprint density at radius 3 is 3.21 bits per heavy atom. The summed E-state index contributed by atoms with van der Waals surface area (Å²) in [6.07, 6.45) is 4.19. The Balaban J connectivity index is 1.49. The molecule has 1 aliphatic rings. The highest BCUT2D eigenvalue weighted by atomic mass is 32.1. The van der Waals surface area contributed by atoms with Crippen LogP contribution in [0.5, 0.6) is 0 Å².